The van der Waals surface area contributed by atoms with Crippen LogP contribution >= 0.6 is 0 Å². The van der Waals surface area contributed by atoms with Gasteiger partial charge in [0.25, 0.3) is 0 Å². The first-order chi connectivity index (χ1) is 8.61. The smallest absolute Gasteiger partial charge is 0.455 e. The molecular formula is C12H14F5NO. The van der Waals surface area contributed by atoms with Crippen molar-refractivity contribution in [3.05, 3.63) is 29.3 Å². The Bertz CT molecular complexity index is 444. The molecular weight excluding hydrogens is 269 g/mol. The molecule has 19 heavy (non-hydrogen) atoms. The van der Waals surface area contributed by atoms with Gasteiger partial charge in [0.2, 0.25) is 0 Å². The van der Waals surface area contributed by atoms with Crippen molar-refractivity contribution in [2.24, 2.45) is 5.73 Å². The maximum absolute atomic E-state index is 13.3. The highest BCUT2D eigenvalue weighted by molar-refractivity contribution is 5.40. The van der Waals surface area contributed by atoms with Crippen molar-refractivity contribution in [3.8, 4) is 5.75 Å². The monoisotopic (exact) mass is 283 g/mol. The SMILES string of the molecule is CCOc1ccc(C)cc1C(N)C(F)(F)C(F)(F)F. The maximum Gasteiger partial charge on any atom is 0.455 e. The second-order valence-electron chi connectivity index (χ2n) is 4.07. The zero-order chi connectivity index (χ0) is 14.8. The Kier molecular flexibility index (Phi) is 4.39. The van der Waals surface area contributed by atoms with E-state index in [2.05, 4.69) is 0 Å². The molecule has 0 radical (unpaired) electrons. The summed E-state index contributed by atoms with van der Waals surface area (Å²) >= 11 is 0. The van der Waals surface area contributed by atoms with E-state index >= 15 is 0 Å². The lowest BCUT2D eigenvalue weighted by molar-refractivity contribution is -0.291. The first-order valence-electron chi connectivity index (χ1n) is 5.54. The maximum atomic E-state index is 13.3. The van der Waals surface area contributed by atoms with Crippen molar-refractivity contribution in [1.29, 1.82) is 0 Å². The Morgan fingerprint density at radius 3 is 2.26 bits per heavy atom. The Labute approximate surface area is 107 Å². The average Bonchev–Trinajstić information content (AvgIpc) is 2.29. The minimum atomic E-state index is -5.71. The van der Waals surface area contributed by atoms with Gasteiger partial charge in [-0.3, -0.25) is 0 Å². The predicted molar refractivity (Wildman–Crippen MR) is 60.3 cm³/mol. The summed E-state index contributed by atoms with van der Waals surface area (Å²) in [5.74, 6) is -5.09. The molecule has 7 heteroatoms. The van der Waals surface area contributed by atoms with Gasteiger partial charge in [-0.05, 0) is 19.9 Å². The molecule has 1 unspecified atom stereocenters. The van der Waals surface area contributed by atoms with Gasteiger partial charge in [0.15, 0.2) is 0 Å². The molecule has 0 spiro atoms. The number of nitrogens with two attached hydrogens (primary N) is 1. The largest absolute Gasteiger partial charge is 0.494 e. The highest BCUT2D eigenvalue weighted by Gasteiger charge is 2.62. The lowest BCUT2D eigenvalue weighted by Crippen LogP contribution is -2.46. The summed E-state index contributed by atoms with van der Waals surface area (Å²) in [6.45, 7) is 3.30. The summed E-state index contributed by atoms with van der Waals surface area (Å²) in [5, 5.41) is 0. The summed E-state index contributed by atoms with van der Waals surface area (Å²) in [7, 11) is 0. The van der Waals surface area contributed by atoms with Gasteiger partial charge in [0, 0.05) is 5.56 Å². The number of hydrogen-bond acceptors (Lipinski definition) is 2. The normalized spacial score (nSPS) is 14.3. The molecule has 2 N–H and O–H groups in total. The van der Waals surface area contributed by atoms with E-state index in [0.717, 1.165) is 0 Å². The topological polar surface area (TPSA) is 35.2 Å². The summed E-state index contributed by atoms with van der Waals surface area (Å²) in [6, 6.07) is 1.55. The molecule has 0 saturated carbocycles. The lowest BCUT2D eigenvalue weighted by atomic mass is 9.98. The van der Waals surface area contributed by atoms with E-state index in [0.29, 0.717) is 5.56 Å². The first-order valence-corrected chi connectivity index (χ1v) is 5.54. The molecule has 1 aromatic rings. The Morgan fingerprint density at radius 1 is 1.21 bits per heavy atom. The van der Waals surface area contributed by atoms with Crippen LogP contribution in [0.15, 0.2) is 18.2 Å². The van der Waals surface area contributed by atoms with Crippen LogP contribution in [-0.2, 0) is 0 Å². The van der Waals surface area contributed by atoms with E-state index in [4.69, 9.17) is 10.5 Å². The molecule has 0 aliphatic rings. The molecule has 0 heterocycles. The van der Waals surface area contributed by atoms with E-state index in [1.54, 1.807) is 19.9 Å². The third kappa shape index (κ3) is 3.15. The number of benzene rings is 1. The summed E-state index contributed by atoms with van der Waals surface area (Å²) < 4.78 is 68.5. The molecule has 0 aromatic heterocycles. The number of ether oxygens (including phenoxy) is 1. The molecule has 2 nitrogen and oxygen atoms in total. The Balaban J connectivity index is 3.25. The second kappa shape index (κ2) is 5.32. The zero-order valence-electron chi connectivity index (χ0n) is 10.4. The molecule has 0 aliphatic carbocycles. The van der Waals surface area contributed by atoms with Gasteiger partial charge < -0.3 is 10.5 Å². The minimum Gasteiger partial charge on any atom is -0.494 e. The highest BCUT2D eigenvalue weighted by Crippen LogP contribution is 2.45. The lowest BCUT2D eigenvalue weighted by Gasteiger charge is -2.27. The highest BCUT2D eigenvalue weighted by atomic mass is 19.4. The standard InChI is InChI=1S/C12H14F5NO/c1-3-19-9-5-4-7(2)6-8(9)10(18)11(13,14)12(15,16)17/h4-6,10H,3,18H2,1-2H3. The Morgan fingerprint density at radius 2 is 1.79 bits per heavy atom. The van der Waals surface area contributed by atoms with Crippen LogP contribution in [0.1, 0.15) is 24.1 Å². The number of halogens is 5. The van der Waals surface area contributed by atoms with Crippen LogP contribution in [-0.4, -0.2) is 18.7 Å². The fraction of sp³-hybridized carbons (Fsp3) is 0.500. The van der Waals surface area contributed by atoms with Crippen molar-refractivity contribution in [2.45, 2.75) is 32.0 Å². The van der Waals surface area contributed by atoms with E-state index in [1.165, 1.54) is 12.1 Å². The first kappa shape index (κ1) is 15.7. The third-order valence-corrected chi connectivity index (χ3v) is 2.57. The number of aryl methyl sites for hydroxylation is 1. The molecule has 108 valence electrons. The summed E-state index contributed by atoms with van der Waals surface area (Å²) in [5.41, 5.74) is 5.27. The van der Waals surface area contributed by atoms with Crippen LogP contribution < -0.4 is 10.5 Å². The van der Waals surface area contributed by atoms with Crippen LogP contribution in [0.5, 0.6) is 5.75 Å². The quantitative estimate of drug-likeness (QED) is 0.857. The van der Waals surface area contributed by atoms with Crippen molar-refractivity contribution in [3.63, 3.8) is 0 Å². The average molecular weight is 283 g/mol. The van der Waals surface area contributed by atoms with Gasteiger partial charge in [-0.15, -0.1) is 0 Å². The molecule has 0 aliphatic heterocycles. The molecule has 1 rings (SSSR count). The van der Waals surface area contributed by atoms with Crippen molar-refractivity contribution < 1.29 is 26.7 Å². The van der Waals surface area contributed by atoms with Crippen LogP contribution in [0.2, 0.25) is 0 Å². The van der Waals surface area contributed by atoms with Crippen molar-refractivity contribution in [1.82, 2.24) is 0 Å². The van der Waals surface area contributed by atoms with E-state index in [1.807, 2.05) is 0 Å². The Hall–Kier alpha value is -1.37. The van der Waals surface area contributed by atoms with Gasteiger partial charge in [0.05, 0.1) is 6.61 Å². The number of hydrogen-bond donors (Lipinski definition) is 1. The van der Waals surface area contributed by atoms with E-state index < -0.39 is 18.1 Å². The summed E-state index contributed by atoms with van der Waals surface area (Å²) in [4.78, 5) is 0. The fourth-order valence-corrected chi connectivity index (χ4v) is 1.57. The van der Waals surface area contributed by atoms with Gasteiger partial charge in [-0.2, -0.15) is 22.0 Å². The number of alkyl halides is 5. The molecule has 1 aromatic carbocycles. The van der Waals surface area contributed by atoms with Gasteiger partial charge in [0.1, 0.15) is 11.8 Å². The zero-order valence-corrected chi connectivity index (χ0v) is 10.4. The fourth-order valence-electron chi connectivity index (χ4n) is 1.57. The van der Waals surface area contributed by atoms with Crippen LogP contribution in [0.4, 0.5) is 22.0 Å². The molecule has 0 amide bonds. The van der Waals surface area contributed by atoms with Crippen molar-refractivity contribution in [2.75, 3.05) is 6.61 Å². The van der Waals surface area contributed by atoms with Gasteiger partial charge in [-0.25, -0.2) is 0 Å². The van der Waals surface area contributed by atoms with Crippen LogP contribution in [0.3, 0.4) is 0 Å². The van der Waals surface area contributed by atoms with Crippen molar-refractivity contribution >= 4 is 0 Å². The minimum absolute atomic E-state index is 0.0653. The van der Waals surface area contributed by atoms with E-state index in [-0.39, 0.29) is 17.9 Å². The van der Waals surface area contributed by atoms with Gasteiger partial charge >= 0.3 is 12.1 Å². The molecule has 0 bridgehead atoms. The van der Waals surface area contributed by atoms with E-state index in [9.17, 15) is 22.0 Å². The predicted octanol–water partition coefficient (Wildman–Crippen LogP) is 3.59. The van der Waals surface area contributed by atoms with Gasteiger partial charge in [-0.1, -0.05) is 17.7 Å². The summed E-state index contributed by atoms with van der Waals surface area (Å²) in [6.07, 6.45) is -5.71. The van der Waals surface area contributed by atoms with Crippen LogP contribution in [0.25, 0.3) is 0 Å². The second-order valence-corrected chi connectivity index (χ2v) is 4.07. The number of rotatable bonds is 4. The molecule has 1 atom stereocenters. The third-order valence-electron chi connectivity index (χ3n) is 2.57. The van der Waals surface area contributed by atoms with Crippen LogP contribution in [0, 0.1) is 6.92 Å². The molecule has 0 saturated heterocycles. The molecule has 0 fully saturated rings.